The van der Waals surface area contributed by atoms with Gasteiger partial charge in [0.15, 0.2) is 6.61 Å². The highest BCUT2D eigenvalue weighted by Crippen LogP contribution is 2.23. The van der Waals surface area contributed by atoms with E-state index in [9.17, 15) is 14.4 Å². The highest BCUT2D eigenvalue weighted by atomic mass is 16.5. The summed E-state index contributed by atoms with van der Waals surface area (Å²) in [6, 6.07) is 9.24. The minimum Gasteiger partial charge on any atom is -0.497 e. The maximum absolute atomic E-state index is 12.6. The van der Waals surface area contributed by atoms with E-state index in [4.69, 9.17) is 9.47 Å². The van der Waals surface area contributed by atoms with E-state index in [1.165, 1.54) is 11.9 Å². The van der Waals surface area contributed by atoms with Crippen LogP contribution >= 0.6 is 0 Å². The van der Waals surface area contributed by atoms with Crippen molar-refractivity contribution in [1.29, 1.82) is 0 Å². The van der Waals surface area contributed by atoms with Crippen molar-refractivity contribution in [3.8, 4) is 11.4 Å². The van der Waals surface area contributed by atoms with Crippen LogP contribution in [0.25, 0.3) is 5.69 Å². The van der Waals surface area contributed by atoms with Crippen molar-refractivity contribution in [2.24, 2.45) is 0 Å². The molecule has 0 saturated carbocycles. The number of aromatic nitrogens is 1. The Morgan fingerprint density at radius 1 is 1.00 bits per heavy atom. The van der Waals surface area contributed by atoms with E-state index >= 15 is 0 Å². The molecule has 0 saturated heterocycles. The van der Waals surface area contributed by atoms with Crippen LogP contribution in [-0.4, -0.2) is 72.5 Å². The van der Waals surface area contributed by atoms with Gasteiger partial charge in [0.2, 0.25) is 5.91 Å². The fourth-order valence-corrected chi connectivity index (χ4v) is 3.38. The summed E-state index contributed by atoms with van der Waals surface area (Å²) in [7, 11) is 3.13. The summed E-state index contributed by atoms with van der Waals surface area (Å²) in [5.41, 5.74) is 2.86. The number of rotatable bonds is 9. The van der Waals surface area contributed by atoms with Crippen LogP contribution in [0.2, 0.25) is 0 Å². The number of benzene rings is 1. The lowest BCUT2D eigenvalue weighted by Gasteiger charge is -2.23. The van der Waals surface area contributed by atoms with Crippen LogP contribution in [0.3, 0.4) is 0 Å². The van der Waals surface area contributed by atoms with E-state index in [0.717, 1.165) is 17.1 Å². The number of likely N-dealkylation sites (N-methyl/N-ethyl adjacent to an activating group) is 2. The van der Waals surface area contributed by atoms with Gasteiger partial charge < -0.3 is 23.8 Å². The molecule has 1 aromatic carbocycles. The van der Waals surface area contributed by atoms with E-state index in [1.54, 1.807) is 18.1 Å². The quantitative estimate of drug-likeness (QED) is 0.573. The summed E-state index contributed by atoms with van der Waals surface area (Å²) >= 11 is 0. The van der Waals surface area contributed by atoms with Crippen molar-refractivity contribution in [1.82, 2.24) is 14.4 Å². The topological polar surface area (TPSA) is 81.1 Å². The second kappa shape index (κ2) is 10.7. The molecule has 0 N–H and O–H groups in total. The van der Waals surface area contributed by atoms with E-state index in [-0.39, 0.29) is 12.5 Å². The third-order valence-corrected chi connectivity index (χ3v) is 5.22. The maximum Gasteiger partial charge on any atom is 0.340 e. The summed E-state index contributed by atoms with van der Waals surface area (Å²) in [6.45, 7) is 8.17. The molecule has 8 nitrogen and oxygen atoms in total. The van der Waals surface area contributed by atoms with Crippen molar-refractivity contribution < 1.29 is 23.9 Å². The van der Waals surface area contributed by atoms with E-state index in [2.05, 4.69) is 0 Å². The standard InChI is InChI=1S/C23H31N3O5/c1-7-25(8-2)21(27)14-24(5)22(28)15-31-23(29)20-13-16(3)26(17(20)4)18-9-11-19(30-6)12-10-18/h9-13H,7-8,14-15H2,1-6H3. The number of carbonyl (C=O) groups is 3. The predicted octanol–water partition coefficient (Wildman–Crippen LogP) is 2.59. The van der Waals surface area contributed by atoms with Crippen LogP contribution in [0.15, 0.2) is 30.3 Å². The van der Waals surface area contributed by atoms with E-state index in [0.29, 0.717) is 24.3 Å². The molecule has 8 heteroatoms. The van der Waals surface area contributed by atoms with Crippen LogP contribution in [0, 0.1) is 13.8 Å². The number of methoxy groups -OCH3 is 1. The highest BCUT2D eigenvalue weighted by Gasteiger charge is 2.21. The largest absolute Gasteiger partial charge is 0.497 e. The Hall–Kier alpha value is -3.29. The average Bonchev–Trinajstić information content (AvgIpc) is 3.06. The van der Waals surface area contributed by atoms with Gasteiger partial charge in [-0.2, -0.15) is 0 Å². The third kappa shape index (κ3) is 5.65. The van der Waals surface area contributed by atoms with Gasteiger partial charge in [0.25, 0.3) is 5.91 Å². The first-order chi connectivity index (χ1) is 14.7. The lowest BCUT2D eigenvalue weighted by atomic mass is 10.2. The molecular formula is C23H31N3O5. The van der Waals surface area contributed by atoms with Gasteiger partial charge in [0.05, 0.1) is 19.2 Å². The third-order valence-electron chi connectivity index (χ3n) is 5.22. The van der Waals surface area contributed by atoms with Gasteiger partial charge in [-0.15, -0.1) is 0 Å². The first-order valence-electron chi connectivity index (χ1n) is 10.3. The first-order valence-corrected chi connectivity index (χ1v) is 10.3. The molecule has 2 rings (SSSR count). The Labute approximate surface area is 183 Å². The van der Waals surface area contributed by atoms with Crippen LogP contribution in [-0.2, 0) is 14.3 Å². The summed E-state index contributed by atoms with van der Waals surface area (Å²) in [5, 5.41) is 0. The zero-order valence-electron chi connectivity index (χ0n) is 19.1. The van der Waals surface area contributed by atoms with E-state index in [1.807, 2.05) is 56.5 Å². The van der Waals surface area contributed by atoms with Gasteiger partial charge in [-0.25, -0.2) is 4.79 Å². The molecule has 2 aromatic rings. The Balaban J connectivity index is 2.04. The molecule has 31 heavy (non-hydrogen) atoms. The number of esters is 1. The van der Waals surface area contributed by atoms with Gasteiger partial charge in [-0.3, -0.25) is 9.59 Å². The molecule has 1 aromatic heterocycles. The second-order valence-corrected chi connectivity index (χ2v) is 7.21. The molecule has 0 unspecified atom stereocenters. The number of nitrogens with zero attached hydrogens (tertiary/aromatic N) is 3. The van der Waals surface area contributed by atoms with Gasteiger partial charge in [0, 0.05) is 37.2 Å². The number of hydrogen-bond donors (Lipinski definition) is 0. The molecule has 0 spiro atoms. The van der Waals surface area contributed by atoms with Crippen LogP contribution in [0.1, 0.15) is 35.6 Å². The van der Waals surface area contributed by atoms with Crippen molar-refractivity contribution in [2.75, 3.05) is 40.4 Å². The van der Waals surface area contributed by atoms with Crippen LogP contribution in [0.5, 0.6) is 5.75 Å². The minimum absolute atomic E-state index is 0.0515. The summed E-state index contributed by atoms with van der Waals surface area (Å²) in [6.07, 6.45) is 0. The van der Waals surface area contributed by atoms with Crippen molar-refractivity contribution in [2.45, 2.75) is 27.7 Å². The lowest BCUT2D eigenvalue weighted by Crippen LogP contribution is -2.42. The molecule has 168 valence electrons. The fraction of sp³-hybridized carbons (Fsp3) is 0.435. The zero-order valence-corrected chi connectivity index (χ0v) is 19.1. The van der Waals surface area contributed by atoms with Crippen molar-refractivity contribution >= 4 is 17.8 Å². The Kier molecular flexibility index (Phi) is 8.24. The van der Waals surface area contributed by atoms with Gasteiger partial charge >= 0.3 is 5.97 Å². The molecule has 0 aliphatic carbocycles. The van der Waals surface area contributed by atoms with Crippen molar-refractivity contribution in [3.05, 3.63) is 47.3 Å². The zero-order chi connectivity index (χ0) is 23.1. The lowest BCUT2D eigenvalue weighted by molar-refractivity contribution is -0.140. The highest BCUT2D eigenvalue weighted by molar-refractivity contribution is 5.93. The monoisotopic (exact) mass is 429 g/mol. The molecule has 0 atom stereocenters. The molecular weight excluding hydrogens is 398 g/mol. The second-order valence-electron chi connectivity index (χ2n) is 7.21. The number of aryl methyl sites for hydroxylation is 1. The molecule has 1 heterocycles. The SMILES string of the molecule is CCN(CC)C(=O)CN(C)C(=O)COC(=O)c1cc(C)n(-c2ccc(OC)cc2)c1C. The fourth-order valence-electron chi connectivity index (χ4n) is 3.38. The molecule has 2 amide bonds. The molecule has 0 aliphatic rings. The van der Waals surface area contributed by atoms with Crippen LogP contribution < -0.4 is 4.74 Å². The maximum atomic E-state index is 12.6. The Morgan fingerprint density at radius 3 is 2.16 bits per heavy atom. The minimum atomic E-state index is -0.579. The molecule has 0 radical (unpaired) electrons. The van der Waals surface area contributed by atoms with Gasteiger partial charge in [0.1, 0.15) is 5.75 Å². The average molecular weight is 430 g/mol. The summed E-state index contributed by atoms with van der Waals surface area (Å²) in [5.74, 6) is -0.411. The molecule has 0 fully saturated rings. The van der Waals surface area contributed by atoms with Crippen LogP contribution in [0.4, 0.5) is 0 Å². The van der Waals surface area contributed by atoms with Crippen molar-refractivity contribution in [3.63, 3.8) is 0 Å². The number of amides is 2. The number of hydrogen-bond acceptors (Lipinski definition) is 5. The van der Waals surface area contributed by atoms with Gasteiger partial charge in [-0.05, 0) is 58.0 Å². The summed E-state index contributed by atoms with van der Waals surface area (Å²) < 4.78 is 12.4. The smallest absolute Gasteiger partial charge is 0.340 e. The Bertz CT molecular complexity index is 929. The normalized spacial score (nSPS) is 10.5. The number of carbonyl (C=O) groups excluding carboxylic acids is 3. The predicted molar refractivity (Wildman–Crippen MR) is 118 cm³/mol. The van der Waals surface area contributed by atoms with E-state index < -0.39 is 18.5 Å². The summed E-state index contributed by atoms with van der Waals surface area (Å²) in [4.78, 5) is 40.0. The Morgan fingerprint density at radius 2 is 1.61 bits per heavy atom. The number of ether oxygens (including phenoxy) is 2. The molecule has 0 bridgehead atoms. The van der Waals surface area contributed by atoms with Gasteiger partial charge in [-0.1, -0.05) is 0 Å². The first kappa shape index (κ1) is 24.0. The molecule has 0 aliphatic heterocycles.